The van der Waals surface area contributed by atoms with E-state index in [-0.39, 0.29) is 23.8 Å². The van der Waals surface area contributed by atoms with Gasteiger partial charge < -0.3 is 5.32 Å². The van der Waals surface area contributed by atoms with E-state index in [0.29, 0.717) is 10.4 Å². The van der Waals surface area contributed by atoms with Crippen molar-refractivity contribution in [1.82, 2.24) is 10.2 Å². The molecule has 25 heavy (non-hydrogen) atoms. The first-order chi connectivity index (χ1) is 11.9. The van der Waals surface area contributed by atoms with Crippen LogP contribution in [0.1, 0.15) is 32.3 Å². The molecular weight excluding hydrogens is 378 g/mol. The summed E-state index contributed by atoms with van der Waals surface area (Å²) >= 11 is 2.91. The fourth-order valence-corrected chi connectivity index (χ4v) is 5.25. The Balaban J connectivity index is 1.82. The molecule has 0 aliphatic heterocycles. The van der Waals surface area contributed by atoms with Crippen LogP contribution in [-0.4, -0.2) is 35.5 Å². The predicted molar refractivity (Wildman–Crippen MR) is 103 cm³/mol. The lowest BCUT2D eigenvalue weighted by molar-refractivity contribution is -0.115. The molecule has 0 fully saturated rings. The summed E-state index contributed by atoms with van der Waals surface area (Å²) in [5, 5.41) is 11.4. The van der Waals surface area contributed by atoms with Gasteiger partial charge in [0, 0.05) is 11.7 Å². The van der Waals surface area contributed by atoms with Crippen molar-refractivity contribution in [3.8, 4) is 0 Å². The van der Waals surface area contributed by atoms with Crippen LogP contribution in [0.3, 0.4) is 0 Å². The van der Waals surface area contributed by atoms with Crippen LogP contribution in [0, 0.1) is 0 Å². The second kappa shape index (κ2) is 9.30. The first-order valence-corrected chi connectivity index (χ1v) is 11.4. The van der Waals surface area contributed by atoms with Gasteiger partial charge >= 0.3 is 0 Å². The second-order valence-electron chi connectivity index (χ2n) is 5.59. The Morgan fingerprint density at radius 1 is 1.28 bits per heavy atom. The minimum Gasteiger partial charge on any atom is -0.300 e. The maximum absolute atomic E-state index is 12.1. The lowest BCUT2D eigenvalue weighted by Gasteiger charge is -2.04. The summed E-state index contributed by atoms with van der Waals surface area (Å²) in [7, 11) is -3.33. The SMILES string of the molecule is CCC(C)Sc1nnc(NC(=O)CCS(=O)(=O)Cc2ccccc2)s1. The van der Waals surface area contributed by atoms with Crippen molar-refractivity contribution in [2.24, 2.45) is 0 Å². The van der Waals surface area contributed by atoms with E-state index in [1.807, 2.05) is 6.07 Å². The van der Waals surface area contributed by atoms with E-state index < -0.39 is 9.84 Å². The van der Waals surface area contributed by atoms with Crippen LogP contribution < -0.4 is 5.32 Å². The lowest BCUT2D eigenvalue weighted by atomic mass is 10.2. The van der Waals surface area contributed by atoms with Crippen molar-refractivity contribution in [2.75, 3.05) is 11.1 Å². The van der Waals surface area contributed by atoms with Crippen LogP contribution >= 0.6 is 23.1 Å². The smallest absolute Gasteiger partial charge is 0.227 e. The molecule has 1 heterocycles. The third kappa shape index (κ3) is 7.13. The third-order valence-corrected chi connectivity index (χ3v) is 7.19. The van der Waals surface area contributed by atoms with Gasteiger partial charge in [0.2, 0.25) is 11.0 Å². The molecule has 1 aromatic carbocycles. The predicted octanol–water partition coefficient (Wildman–Crippen LogP) is 3.37. The molecule has 1 N–H and O–H groups in total. The number of hydrogen-bond donors (Lipinski definition) is 1. The zero-order valence-electron chi connectivity index (χ0n) is 14.1. The average Bonchev–Trinajstić information content (AvgIpc) is 3.00. The number of anilines is 1. The average molecular weight is 400 g/mol. The number of sulfone groups is 1. The van der Waals surface area contributed by atoms with Crippen molar-refractivity contribution in [3.63, 3.8) is 0 Å². The van der Waals surface area contributed by atoms with Crippen molar-refractivity contribution in [3.05, 3.63) is 35.9 Å². The molecule has 1 atom stereocenters. The van der Waals surface area contributed by atoms with Gasteiger partial charge in [0.05, 0.1) is 11.5 Å². The van der Waals surface area contributed by atoms with Gasteiger partial charge in [0.25, 0.3) is 0 Å². The monoisotopic (exact) mass is 399 g/mol. The summed E-state index contributed by atoms with van der Waals surface area (Å²) in [4.78, 5) is 12.0. The first-order valence-electron chi connectivity index (χ1n) is 7.92. The number of nitrogens with one attached hydrogen (secondary N) is 1. The summed E-state index contributed by atoms with van der Waals surface area (Å²) in [5.41, 5.74) is 0.721. The molecule has 0 saturated heterocycles. The van der Waals surface area contributed by atoms with Gasteiger partial charge in [0.15, 0.2) is 14.2 Å². The second-order valence-corrected chi connectivity index (χ2v) is 10.4. The number of aromatic nitrogens is 2. The highest BCUT2D eigenvalue weighted by Gasteiger charge is 2.16. The summed E-state index contributed by atoms with van der Waals surface area (Å²) in [6.45, 7) is 4.19. The highest BCUT2D eigenvalue weighted by atomic mass is 32.2. The molecule has 0 radical (unpaired) electrons. The first kappa shape index (κ1) is 19.9. The summed E-state index contributed by atoms with van der Waals surface area (Å²) < 4.78 is 25.0. The fourth-order valence-electron chi connectivity index (χ4n) is 1.89. The molecule has 0 aliphatic rings. The molecule has 2 aromatic rings. The molecule has 0 spiro atoms. The highest BCUT2D eigenvalue weighted by molar-refractivity contribution is 8.01. The number of rotatable bonds is 9. The van der Waals surface area contributed by atoms with Gasteiger partial charge in [-0.15, -0.1) is 10.2 Å². The Hall–Kier alpha value is -1.45. The van der Waals surface area contributed by atoms with E-state index >= 15 is 0 Å². The van der Waals surface area contributed by atoms with Gasteiger partial charge in [-0.05, 0) is 12.0 Å². The van der Waals surface area contributed by atoms with Crippen molar-refractivity contribution < 1.29 is 13.2 Å². The number of carbonyl (C=O) groups excluding carboxylic acids is 1. The molecule has 0 aliphatic carbocycles. The molecule has 0 saturated carbocycles. The van der Waals surface area contributed by atoms with Crippen LogP contribution in [0.4, 0.5) is 5.13 Å². The van der Waals surface area contributed by atoms with Crippen molar-refractivity contribution >= 4 is 44.0 Å². The number of nitrogens with zero attached hydrogens (tertiary/aromatic N) is 2. The maximum atomic E-state index is 12.1. The largest absolute Gasteiger partial charge is 0.300 e. The summed E-state index contributed by atoms with van der Waals surface area (Å²) in [6, 6.07) is 8.94. The van der Waals surface area contributed by atoms with Gasteiger partial charge in [-0.2, -0.15) is 0 Å². The zero-order valence-corrected chi connectivity index (χ0v) is 16.6. The summed E-state index contributed by atoms with van der Waals surface area (Å²) in [6.07, 6.45) is 0.924. The van der Waals surface area contributed by atoms with E-state index in [2.05, 4.69) is 29.4 Å². The highest BCUT2D eigenvalue weighted by Crippen LogP contribution is 2.29. The maximum Gasteiger partial charge on any atom is 0.227 e. The molecule has 1 unspecified atom stereocenters. The van der Waals surface area contributed by atoms with E-state index in [0.717, 1.165) is 16.3 Å². The van der Waals surface area contributed by atoms with Crippen molar-refractivity contribution in [1.29, 1.82) is 0 Å². The number of thioether (sulfide) groups is 1. The number of benzene rings is 1. The Morgan fingerprint density at radius 2 is 2.00 bits per heavy atom. The van der Waals surface area contributed by atoms with Crippen LogP contribution in [-0.2, 0) is 20.4 Å². The topological polar surface area (TPSA) is 89.0 Å². The zero-order chi connectivity index (χ0) is 18.3. The number of hydrogen-bond acceptors (Lipinski definition) is 7. The van der Waals surface area contributed by atoms with E-state index in [4.69, 9.17) is 0 Å². The van der Waals surface area contributed by atoms with Gasteiger partial charge in [0.1, 0.15) is 0 Å². The normalized spacial score (nSPS) is 12.7. The Morgan fingerprint density at radius 3 is 2.68 bits per heavy atom. The standard InChI is InChI=1S/C16H21N3O3S3/c1-3-12(2)23-16-19-18-15(24-16)17-14(20)9-10-25(21,22)11-13-7-5-4-6-8-13/h4-8,12H,3,9-11H2,1-2H3,(H,17,18,20). The molecule has 1 amide bonds. The quantitative estimate of drug-likeness (QED) is 0.514. The Bertz CT molecular complexity index is 791. The van der Waals surface area contributed by atoms with Crippen LogP contribution in [0.15, 0.2) is 34.7 Å². The third-order valence-electron chi connectivity index (χ3n) is 3.40. The Labute approximate surface area is 156 Å². The minimum absolute atomic E-state index is 0.0599. The minimum atomic E-state index is -3.33. The molecule has 0 bridgehead atoms. The molecular formula is C16H21N3O3S3. The van der Waals surface area contributed by atoms with Crippen molar-refractivity contribution in [2.45, 2.75) is 42.0 Å². The molecule has 136 valence electrons. The van der Waals surface area contributed by atoms with Gasteiger partial charge in [-0.3, -0.25) is 4.79 Å². The van der Waals surface area contributed by atoms with Crippen LogP contribution in [0.5, 0.6) is 0 Å². The van der Waals surface area contributed by atoms with E-state index in [1.165, 1.54) is 11.3 Å². The lowest BCUT2D eigenvalue weighted by Crippen LogP contribution is -2.18. The van der Waals surface area contributed by atoms with Crippen LogP contribution in [0.25, 0.3) is 0 Å². The van der Waals surface area contributed by atoms with E-state index in [9.17, 15) is 13.2 Å². The molecule has 6 nitrogen and oxygen atoms in total. The molecule has 1 aromatic heterocycles. The number of carbonyl (C=O) groups is 1. The molecule has 2 rings (SSSR count). The van der Waals surface area contributed by atoms with Crippen LogP contribution in [0.2, 0.25) is 0 Å². The number of amides is 1. The van der Waals surface area contributed by atoms with E-state index in [1.54, 1.807) is 36.0 Å². The fraction of sp³-hybridized carbons (Fsp3) is 0.438. The Kier molecular flexibility index (Phi) is 7.39. The summed E-state index contributed by atoms with van der Waals surface area (Å²) in [5.74, 6) is -0.621. The molecule has 9 heteroatoms. The van der Waals surface area contributed by atoms with Gasteiger partial charge in [-0.25, -0.2) is 8.42 Å². The van der Waals surface area contributed by atoms with Gasteiger partial charge in [-0.1, -0.05) is 67.3 Å².